The topological polar surface area (TPSA) is 149 Å². The van der Waals surface area contributed by atoms with Gasteiger partial charge < -0.3 is 20.7 Å². The Bertz CT molecular complexity index is 1270. The normalized spacial score (nSPS) is 14.6. The van der Waals surface area contributed by atoms with Gasteiger partial charge in [0.25, 0.3) is 5.89 Å². The molecule has 1 unspecified atom stereocenters. The van der Waals surface area contributed by atoms with Crippen LogP contribution in [0, 0.1) is 5.92 Å². The van der Waals surface area contributed by atoms with E-state index in [1.165, 1.54) is 5.56 Å². The maximum atomic E-state index is 9.42. The third-order valence-electron chi connectivity index (χ3n) is 6.11. The van der Waals surface area contributed by atoms with E-state index in [1.807, 2.05) is 13.8 Å². The third kappa shape index (κ3) is 5.43. The van der Waals surface area contributed by atoms with Crippen LogP contribution in [0.2, 0.25) is 0 Å². The van der Waals surface area contributed by atoms with Gasteiger partial charge in [-0.25, -0.2) is 19.9 Å². The van der Waals surface area contributed by atoms with Crippen LogP contribution in [0.3, 0.4) is 0 Å². The van der Waals surface area contributed by atoms with Gasteiger partial charge in [0.1, 0.15) is 11.5 Å². The number of aromatic nitrogens is 6. The lowest BCUT2D eigenvalue weighted by atomic mass is 9.93. The number of nitrogens with zero attached hydrogens (tertiary/aromatic N) is 6. The summed E-state index contributed by atoms with van der Waals surface area (Å²) in [6, 6.07) is 8.37. The van der Waals surface area contributed by atoms with Crippen molar-refractivity contribution in [2.75, 3.05) is 17.7 Å². The Kier molecular flexibility index (Phi) is 6.12. The predicted octanol–water partition coefficient (Wildman–Crippen LogP) is 3.48. The van der Waals surface area contributed by atoms with Gasteiger partial charge in [0.15, 0.2) is 5.82 Å². The molecule has 0 radical (unpaired) electrons. The molecule has 1 fully saturated rings. The van der Waals surface area contributed by atoms with Gasteiger partial charge in [0.2, 0.25) is 5.95 Å². The monoisotopic (exact) mass is 472 g/mol. The first kappa shape index (κ1) is 22.9. The van der Waals surface area contributed by atoms with E-state index >= 15 is 0 Å². The quantitative estimate of drug-likeness (QED) is 0.330. The SMILES string of the molecule is CC(C)(CO)Nc1cnc(-c2nc(C(Cc3ccc(-c4cnc(N)nc4)cc3)C3CC3)no2)cn1. The lowest BCUT2D eigenvalue weighted by Gasteiger charge is -2.23. The predicted molar refractivity (Wildman–Crippen MR) is 131 cm³/mol. The summed E-state index contributed by atoms with van der Waals surface area (Å²) < 4.78 is 5.55. The molecule has 1 saturated carbocycles. The lowest BCUT2D eigenvalue weighted by Crippen LogP contribution is -2.35. The minimum Gasteiger partial charge on any atom is -0.394 e. The number of benzene rings is 1. The molecule has 4 N–H and O–H groups in total. The molecule has 4 aromatic rings. The van der Waals surface area contributed by atoms with E-state index in [2.05, 4.69) is 59.7 Å². The molecule has 180 valence electrons. The Morgan fingerprint density at radius 1 is 1.03 bits per heavy atom. The van der Waals surface area contributed by atoms with Crippen LogP contribution in [0.25, 0.3) is 22.7 Å². The second-order valence-electron chi connectivity index (χ2n) is 9.59. The summed E-state index contributed by atoms with van der Waals surface area (Å²) in [4.78, 5) is 21.6. The van der Waals surface area contributed by atoms with Crippen LogP contribution in [0.1, 0.15) is 44.0 Å². The molecular formula is C25H28N8O2. The molecule has 1 aliphatic rings. The molecule has 0 spiro atoms. The molecule has 1 aromatic carbocycles. The summed E-state index contributed by atoms with van der Waals surface area (Å²) in [5.41, 5.74) is 8.78. The van der Waals surface area contributed by atoms with E-state index in [-0.39, 0.29) is 18.5 Å². The molecule has 0 amide bonds. The van der Waals surface area contributed by atoms with Crippen molar-refractivity contribution >= 4 is 11.8 Å². The number of hydrogen-bond donors (Lipinski definition) is 3. The average molecular weight is 473 g/mol. The Balaban J connectivity index is 1.29. The van der Waals surface area contributed by atoms with Crippen molar-refractivity contribution in [2.45, 2.75) is 44.6 Å². The Hall–Kier alpha value is -3.92. The second-order valence-corrected chi connectivity index (χ2v) is 9.59. The van der Waals surface area contributed by atoms with Crippen LogP contribution < -0.4 is 11.1 Å². The second kappa shape index (κ2) is 9.38. The van der Waals surface area contributed by atoms with Crippen LogP contribution in [0.15, 0.2) is 53.6 Å². The van der Waals surface area contributed by atoms with Gasteiger partial charge in [-0.1, -0.05) is 29.4 Å². The van der Waals surface area contributed by atoms with E-state index in [1.54, 1.807) is 24.8 Å². The number of nitrogen functional groups attached to an aromatic ring is 1. The molecular weight excluding hydrogens is 444 g/mol. The van der Waals surface area contributed by atoms with E-state index < -0.39 is 5.54 Å². The zero-order valence-corrected chi connectivity index (χ0v) is 19.7. The highest BCUT2D eigenvalue weighted by atomic mass is 16.5. The fourth-order valence-electron chi connectivity index (χ4n) is 3.92. The minimum absolute atomic E-state index is 0.0233. The summed E-state index contributed by atoms with van der Waals surface area (Å²) in [7, 11) is 0. The number of nitrogens with one attached hydrogen (secondary N) is 1. The summed E-state index contributed by atoms with van der Waals surface area (Å²) in [5.74, 6) is 2.61. The fraction of sp³-hybridized carbons (Fsp3) is 0.360. The smallest absolute Gasteiger partial charge is 0.278 e. The number of aliphatic hydroxyl groups is 1. The molecule has 5 rings (SSSR count). The van der Waals surface area contributed by atoms with Crippen LogP contribution in [-0.2, 0) is 6.42 Å². The summed E-state index contributed by atoms with van der Waals surface area (Å²) in [6.07, 6.45) is 9.80. The van der Waals surface area contributed by atoms with Crippen molar-refractivity contribution in [3.8, 4) is 22.7 Å². The van der Waals surface area contributed by atoms with Crippen LogP contribution >= 0.6 is 0 Å². The Morgan fingerprint density at radius 3 is 2.40 bits per heavy atom. The Morgan fingerprint density at radius 2 is 1.77 bits per heavy atom. The highest BCUT2D eigenvalue weighted by molar-refractivity contribution is 5.62. The zero-order chi connectivity index (χ0) is 24.4. The van der Waals surface area contributed by atoms with Crippen molar-refractivity contribution in [2.24, 2.45) is 5.92 Å². The molecule has 1 atom stereocenters. The largest absolute Gasteiger partial charge is 0.394 e. The molecule has 0 aliphatic heterocycles. The molecule has 10 nitrogen and oxygen atoms in total. The maximum Gasteiger partial charge on any atom is 0.278 e. The highest BCUT2D eigenvalue weighted by Gasteiger charge is 2.35. The van der Waals surface area contributed by atoms with E-state index in [4.69, 9.17) is 10.3 Å². The first-order chi connectivity index (χ1) is 16.9. The molecule has 0 saturated heterocycles. The van der Waals surface area contributed by atoms with Crippen LogP contribution in [0.4, 0.5) is 11.8 Å². The van der Waals surface area contributed by atoms with E-state index in [0.29, 0.717) is 29.1 Å². The standard InChI is InChI=1S/C25H28N8O2/c1-25(2,14-34)32-21-13-27-20(12-28-21)23-31-22(33-35-23)19(17-7-8-17)9-15-3-5-16(6-4-15)18-10-29-24(26)30-11-18/h3-6,10-13,17,19,34H,7-9,14H2,1-2H3,(H,28,32)(H2,26,29,30). The summed E-state index contributed by atoms with van der Waals surface area (Å²) in [6.45, 7) is 3.74. The van der Waals surface area contributed by atoms with Gasteiger partial charge >= 0.3 is 0 Å². The number of nitrogens with two attached hydrogens (primary N) is 1. The summed E-state index contributed by atoms with van der Waals surface area (Å²) in [5, 5.41) is 16.8. The minimum atomic E-state index is -0.494. The van der Waals surface area contributed by atoms with Crippen molar-refractivity contribution in [3.05, 3.63) is 60.4 Å². The van der Waals surface area contributed by atoms with Crippen molar-refractivity contribution in [1.29, 1.82) is 0 Å². The third-order valence-corrected chi connectivity index (χ3v) is 6.11. The van der Waals surface area contributed by atoms with Crippen molar-refractivity contribution in [3.63, 3.8) is 0 Å². The Labute approximate surface area is 203 Å². The summed E-state index contributed by atoms with van der Waals surface area (Å²) >= 11 is 0. The number of aliphatic hydroxyl groups excluding tert-OH is 1. The molecule has 35 heavy (non-hydrogen) atoms. The number of anilines is 2. The maximum absolute atomic E-state index is 9.42. The van der Waals surface area contributed by atoms with Gasteiger partial charge in [0.05, 0.1) is 24.5 Å². The molecule has 1 aliphatic carbocycles. The molecule has 3 aromatic heterocycles. The van der Waals surface area contributed by atoms with Crippen molar-refractivity contribution in [1.82, 2.24) is 30.1 Å². The van der Waals surface area contributed by atoms with Gasteiger partial charge in [-0.2, -0.15) is 4.98 Å². The van der Waals surface area contributed by atoms with Gasteiger partial charge in [0, 0.05) is 23.9 Å². The lowest BCUT2D eigenvalue weighted by molar-refractivity contribution is 0.234. The molecule has 10 heteroatoms. The average Bonchev–Trinajstić information content (AvgIpc) is 3.60. The molecule has 3 heterocycles. The zero-order valence-electron chi connectivity index (χ0n) is 19.7. The van der Waals surface area contributed by atoms with Gasteiger partial charge in [-0.3, -0.25) is 0 Å². The number of rotatable bonds is 9. The van der Waals surface area contributed by atoms with E-state index in [9.17, 15) is 5.11 Å². The van der Waals surface area contributed by atoms with Crippen LogP contribution in [-0.4, -0.2) is 47.3 Å². The first-order valence-corrected chi connectivity index (χ1v) is 11.6. The first-order valence-electron chi connectivity index (χ1n) is 11.6. The van der Waals surface area contributed by atoms with E-state index in [0.717, 1.165) is 30.4 Å². The molecule has 0 bridgehead atoms. The van der Waals surface area contributed by atoms with Crippen LogP contribution in [0.5, 0.6) is 0 Å². The number of hydrogen-bond acceptors (Lipinski definition) is 10. The van der Waals surface area contributed by atoms with Gasteiger partial charge in [-0.15, -0.1) is 0 Å². The fourth-order valence-corrected chi connectivity index (χ4v) is 3.92. The highest BCUT2D eigenvalue weighted by Crippen LogP contribution is 2.43. The van der Waals surface area contributed by atoms with Gasteiger partial charge in [-0.05, 0) is 50.2 Å². The van der Waals surface area contributed by atoms with Crippen molar-refractivity contribution < 1.29 is 9.63 Å².